The molecule has 0 aliphatic heterocycles. The molecule has 0 fully saturated rings. The molecule has 0 spiro atoms. The average Bonchev–Trinajstić information content (AvgIpc) is 2.46. The Hall–Kier alpha value is -2.39. The van der Waals surface area contributed by atoms with Crippen molar-refractivity contribution in [2.45, 2.75) is 6.61 Å². The first-order chi connectivity index (χ1) is 9.60. The normalized spacial score (nSPS) is 9.80. The molecular formula is C14H9BrN2O3. The van der Waals surface area contributed by atoms with Crippen molar-refractivity contribution >= 4 is 21.6 Å². The molecule has 2 aromatic carbocycles. The highest BCUT2D eigenvalue weighted by Crippen LogP contribution is 2.30. The van der Waals surface area contributed by atoms with Crippen LogP contribution in [0.2, 0.25) is 0 Å². The predicted molar refractivity (Wildman–Crippen MR) is 76.3 cm³/mol. The van der Waals surface area contributed by atoms with Gasteiger partial charge in [0.25, 0.3) is 0 Å². The van der Waals surface area contributed by atoms with Crippen molar-refractivity contribution in [3.8, 4) is 11.8 Å². The minimum Gasteiger partial charge on any atom is -0.482 e. The van der Waals surface area contributed by atoms with Gasteiger partial charge in [-0.3, -0.25) is 10.1 Å². The number of nitro groups is 1. The first kappa shape index (κ1) is 14.0. The van der Waals surface area contributed by atoms with Crippen molar-refractivity contribution < 1.29 is 9.66 Å². The number of halogens is 1. The Bertz CT molecular complexity index is 695. The second-order valence-electron chi connectivity index (χ2n) is 3.97. The van der Waals surface area contributed by atoms with E-state index in [0.29, 0.717) is 10.0 Å². The van der Waals surface area contributed by atoms with Gasteiger partial charge in [-0.05, 0) is 29.8 Å². The van der Waals surface area contributed by atoms with Crippen LogP contribution in [0.15, 0.2) is 46.9 Å². The van der Waals surface area contributed by atoms with Crippen LogP contribution in [0.5, 0.6) is 5.75 Å². The SMILES string of the molecule is N#Cc1cccc(COc2ccc(Br)cc2[N+](=O)[O-])c1. The number of hydrogen-bond acceptors (Lipinski definition) is 4. The molecule has 0 heterocycles. The lowest BCUT2D eigenvalue weighted by atomic mass is 10.1. The van der Waals surface area contributed by atoms with E-state index >= 15 is 0 Å². The van der Waals surface area contributed by atoms with Crippen LogP contribution >= 0.6 is 15.9 Å². The summed E-state index contributed by atoms with van der Waals surface area (Å²) in [6.45, 7) is 0.165. The topological polar surface area (TPSA) is 76.2 Å². The molecule has 0 saturated heterocycles. The Morgan fingerprint density at radius 2 is 2.10 bits per heavy atom. The Morgan fingerprint density at radius 1 is 1.30 bits per heavy atom. The molecule has 100 valence electrons. The summed E-state index contributed by atoms with van der Waals surface area (Å²) in [6, 6.07) is 13.5. The van der Waals surface area contributed by atoms with Gasteiger partial charge in [0.05, 0.1) is 16.6 Å². The number of ether oxygens (including phenoxy) is 1. The van der Waals surface area contributed by atoms with E-state index in [4.69, 9.17) is 10.00 Å². The molecular weight excluding hydrogens is 324 g/mol. The van der Waals surface area contributed by atoms with Crippen LogP contribution in [-0.2, 0) is 6.61 Å². The van der Waals surface area contributed by atoms with Gasteiger partial charge in [-0.1, -0.05) is 28.1 Å². The van der Waals surface area contributed by atoms with Gasteiger partial charge in [0.2, 0.25) is 0 Å². The second kappa shape index (κ2) is 6.17. The van der Waals surface area contributed by atoms with Gasteiger partial charge < -0.3 is 4.74 Å². The van der Waals surface area contributed by atoms with E-state index in [-0.39, 0.29) is 18.0 Å². The fourth-order valence-corrected chi connectivity index (χ4v) is 2.00. The maximum Gasteiger partial charge on any atom is 0.312 e. The van der Waals surface area contributed by atoms with Crippen LogP contribution in [0, 0.1) is 21.4 Å². The van der Waals surface area contributed by atoms with Gasteiger partial charge in [-0.15, -0.1) is 0 Å². The molecule has 0 aromatic heterocycles. The summed E-state index contributed by atoms with van der Waals surface area (Å²) in [6.07, 6.45) is 0. The van der Waals surface area contributed by atoms with Crippen molar-refractivity contribution in [3.05, 3.63) is 68.2 Å². The molecule has 0 amide bonds. The van der Waals surface area contributed by atoms with Crippen LogP contribution in [0.1, 0.15) is 11.1 Å². The lowest BCUT2D eigenvalue weighted by molar-refractivity contribution is -0.386. The summed E-state index contributed by atoms with van der Waals surface area (Å²) in [4.78, 5) is 10.5. The minimum atomic E-state index is -0.494. The summed E-state index contributed by atoms with van der Waals surface area (Å²) >= 11 is 3.18. The van der Waals surface area contributed by atoms with E-state index < -0.39 is 4.92 Å². The van der Waals surface area contributed by atoms with Crippen molar-refractivity contribution in [1.29, 1.82) is 5.26 Å². The number of hydrogen-bond donors (Lipinski definition) is 0. The minimum absolute atomic E-state index is 0.101. The molecule has 0 aliphatic rings. The summed E-state index contributed by atoms with van der Waals surface area (Å²) in [5.74, 6) is 0.195. The molecule has 0 saturated carbocycles. The lowest BCUT2D eigenvalue weighted by Gasteiger charge is -2.07. The van der Waals surface area contributed by atoms with Gasteiger partial charge in [-0.25, -0.2) is 0 Å². The molecule has 0 aliphatic carbocycles. The lowest BCUT2D eigenvalue weighted by Crippen LogP contribution is -1.99. The Kier molecular flexibility index (Phi) is 4.33. The van der Waals surface area contributed by atoms with E-state index in [0.717, 1.165) is 5.56 Å². The van der Waals surface area contributed by atoms with E-state index in [2.05, 4.69) is 15.9 Å². The molecule has 20 heavy (non-hydrogen) atoms. The third-order valence-electron chi connectivity index (χ3n) is 2.57. The van der Waals surface area contributed by atoms with Gasteiger partial charge >= 0.3 is 5.69 Å². The smallest absolute Gasteiger partial charge is 0.312 e. The van der Waals surface area contributed by atoms with Crippen LogP contribution in [0.25, 0.3) is 0 Å². The Balaban J connectivity index is 2.19. The highest BCUT2D eigenvalue weighted by Gasteiger charge is 2.15. The fraction of sp³-hybridized carbons (Fsp3) is 0.0714. The van der Waals surface area contributed by atoms with Crippen molar-refractivity contribution in [1.82, 2.24) is 0 Å². The quantitative estimate of drug-likeness (QED) is 0.630. The van der Waals surface area contributed by atoms with Gasteiger partial charge in [-0.2, -0.15) is 5.26 Å². The second-order valence-corrected chi connectivity index (χ2v) is 4.89. The first-order valence-corrected chi connectivity index (χ1v) is 6.45. The number of rotatable bonds is 4. The largest absolute Gasteiger partial charge is 0.482 e. The molecule has 0 radical (unpaired) electrons. The van der Waals surface area contributed by atoms with Crippen molar-refractivity contribution in [3.63, 3.8) is 0 Å². The van der Waals surface area contributed by atoms with Gasteiger partial charge in [0.1, 0.15) is 6.61 Å². The van der Waals surface area contributed by atoms with Crippen LogP contribution in [0.3, 0.4) is 0 Å². The highest BCUT2D eigenvalue weighted by molar-refractivity contribution is 9.10. The molecule has 0 unspecified atom stereocenters. The number of nitriles is 1. The maximum atomic E-state index is 10.9. The first-order valence-electron chi connectivity index (χ1n) is 5.66. The summed E-state index contributed by atoms with van der Waals surface area (Å²) in [5, 5.41) is 19.8. The number of benzene rings is 2. The van der Waals surface area contributed by atoms with E-state index in [9.17, 15) is 10.1 Å². The molecule has 6 heteroatoms. The molecule has 2 aromatic rings. The van der Waals surface area contributed by atoms with E-state index in [1.165, 1.54) is 12.1 Å². The van der Waals surface area contributed by atoms with Crippen LogP contribution < -0.4 is 4.74 Å². The fourth-order valence-electron chi connectivity index (χ4n) is 1.65. The van der Waals surface area contributed by atoms with Crippen LogP contribution in [0.4, 0.5) is 5.69 Å². The van der Waals surface area contributed by atoms with Crippen molar-refractivity contribution in [2.75, 3.05) is 0 Å². The van der Waals surface area contributed by atoms with E-state index in [1.807, 2.05) is 6.07 Å². The summed E-state index contributed by atoms with van der Waals surface area (Å²) in [5.41, 5.74) is 1.20. The zero-order valence-electron chi connectivity index (χ0n) is 10.2. The predicted octanol–water partition coefficient (Wildman–Crippen LogP) is 3.81. The molecule has 2 rings (SSSR count). The summed E-state index contributed by atoms with van der Waals surface area (Å²) in [7, 11) is 0. The Labute approximate surface area is 123 Å². The molecule has 5 nitrogen and oxygen atoms in total. The monoisotopic (exact) mass is 332 g/mol. The zero-order chi connectivity index (χ0) is 14.5. The third kappa shape index (κ3) is 3.33. The Morgan fingerprint density at radius 3 is 2.80 bits per heavy atom. The molecule has 0 N–H and O–H groups in total. The third-order valence-corrected chi connectivity index (χ3v) is 3.06. The number of nitrogens with zero attached hydrogens (tertiary/aromatic N) is 2. The summed E-state index contributed by atoms with van der Waals surface area (Å²) < 4.78 is 6.08. The number of nitro benzene ring substituents is 1. The van der Waals surface area contributed by atoms with Crippen LogP contribution in [-0.4, -0.2) is 4.92 Å². The average molecular weight is 333 g/mol. The standard InChI is InChI=1S/C14H9BrN2O3/c15-12-4-5-14(13(7-12)17(18)19)20-9-11-3-1-2-10(6-11)8-16/h1-7H,9H2. The maximum absolute atomic E-state index is 10.9. The zero-order valence-corrected chi connectivity index (χ0v) is 11.8. The van der Waals surface area contributed by atoms with Gasteiger partial charge in [0, 0.05) is 10.5 Å². The van der Waals surface area contributed by atoms with Crippen molar-refractivity contribution in [2.24, 2.45) is 0 Å². The molecule has 0 bridgehead atoms. The van der Waals surface area contributed by atoms with Gasteiger partial charge in [0.15, 0.2) is 5.75 Å². The highest BCUT2D eigenvalue weighted by atomic mass is 79.9. The van der Waals surface area contributed by atoms with E-state index in [1.54, 1.807) is 30.3 Å². The molecule has 0 atom stereocenters.